The summed E-state index contributed by atoms with van der Waals surface area (Å²) < 4.78 is 13.5. The number of benzene rings is 1. The fourth-order valence-corrected chi connectivity index (χ4v) is 1.81. The minimum atomic E-state index is -0.302. The van der Waals surface area contributed by atoms with Gasteiger partial charge in [-0.2, -0.15) is 0 Å². The topological polar surface area (TPSA) is 49.8 Å². The molecule has 0 spiro atoms. The Balaban J connectivity index is 1.97. The van der Waals surface area contributed by atoms with Crippen LogP contribution >= 0.6 is 0 Å². The molecular weight excluding hydrogens is 255 g/mol. The Hall–Kier alpha value is -2.17. The maximum absolute atomic E-state index is 13.5. The van der Waals surface area contributed by atoms with E-state index >= 15 is 0 Å². The average molecular weight is 274 g/mol. The van der Waals surface area contributed by atoms with E-state index in [0.717, 1.165) is 18.8 Å². The summed E-state index contributed by atoms with van der Waals surface area (Å²) in [5.41, 5.74) is 0.406. The average Bonchev–Trinajstić information content (AvgIpc) is 2.47. The predicted molar refractivity (Wildman–Crippen MR) is 79.7 cm³/mol. The van der Waals surface area contributed by atoms with E-state index in [2.05, 4.69) is 27.5 Å². The van der Waals surface area contributed by atoms with Crippen molar-refractivity contribution in [1.29, 1.82) is 0 Å². The van der Waals surface area contributed by atoms with Gasteiger partial charge in [-0.25, -0.2) is 14.4 Å². The second-order valence-electron chi connectivity index (χ2n) is 4.53. The van der Waals surface area contributed by atoms with E-state index in [1.807, 2.05) is 0 Å². The molecule has 0 atom stereocenters. The Morgan fingerprint density at radius 1 is 1.10 bits per heavy atom. The highest BCUT2D eigenvalue weighted by Gasteiger charge is 2.03. The van der Waals surface area contributed by atoms with Gasteiger partial charge in [0.05, 0.1) is 5.69 Å². The first-order chi connectivity index (χ1) is 9.79. The molecule has 2 aromatic rings. The van der Waals surface area contributed by atoms with Gasteiger partial charge in [0.2, 0.25) is 0 Å². The zero-order valence-electron chi connectivity index (χ0n) is 11.6. The van der Waals surface area contributed by atoms with Crippen molar-refractivity contribution in [1.82, 2.24) is 9.97 Å². The second kappa shape index (κ2) is 7.43. The molecule has 1 aromatic carbocycles. The summed E-state index contributed by atoms with van der Waals surface area (Å²) in [4.78, 5) is 8.24. The first-order valence-electron chi connectivity index (χ1n) is 6.87. The second-order valence-corrected chi connectivity index (χ2v) is 4.53. The smallest absolute Gasteiger partial charge is 0.146 e. The Bertz CT molecular complexity index is 545. The van der Waals surface area contributed by atoms with Crippen LogP contribution in [0.3, 0.4) is 0 Å². The summed E-state index contributed by atoms with van der Waals surface area (Å²) in [5.74, 6) is 1.02. The Kier molecular flexibility index (Phi) is 5.29. The van der Waals surface area contributed by atoms with E-state index in [-0.39, 0.29) is 5.82 Å². The lowest BCUT2D eigenvalue weighted by atomic mass is 10.2. The van der Waals surface area contributed by atoms with Crippen LogP contribution in [0.2, 0.25) is 0 Å². The lowest BCUT2D eigenvalue weighted by Crippen LogP contribution is -2.04. The molecule has 5 heteroatoms. The van der Waals surface area contributed by atoms with Crippen molar-refractivity contribution in [2.45, 2.75) is 26.2 Å². The van der Waals surface area contributed by atoms with Gasteiger partial charge in [0.25, 0.3) is 0 Å². The number of anilines is 3. The summed E-state index contributed by atoms with van der Waals surface area (Å²) in [7, 11) is 0. The normalized spacial score (nSPS) is 10.3. The molecule has 0 aliphatic heterocycles. The highest BCUT2D eigenvalue weighted by Crippen LogP contribution is 2.19. The molecule has 0 bridgehead atoms. The SMILES string of the molecule is CCCCCNc1cc(Nc2ccccc2F)ncn1. The van der Waals surface area contributed by atoms with Gasteiger partial charge in [0, 0.05) is 12.6 Å². The molecule has 106 valence electrons. The lowest BCUT2D eigenvalue weighted by molar-refractivity contribution is 0.632. The van der Waals surface area contributed by atoms with Crippen molar-refractivity contribution in [3.05, 3.63) is 42.5 Å². The molecule has 1 heterocycles. The molecule has 2 N–H and O–H groups in total. The third kappa shape index (κ3) is 4.19. The quantitative estimate of drug-likeness (QED) is 0.750. The van der Waals surface area contributed by atoms with E-state index < -0.39 is 0 Å². The minimum Gasteiger partial charge on any atom is -0.370 e. The summed E-state index contributed by atoms with van der Waals surface area (Å²) in [6, 6.07) is 8.29. The first kappa shape index (κ1) is 14.2. The number of nitrogens with zero attached hydrogens (tertiary/aromatic N) is 2. The van der Waals surface area contributed by atoms with Crippen LogP contribution in [0.4, 0.5) is 21.7 Å². The molecule has 0 aliphatic rings. The molecule has 0 unspecified atom stereocenters. The molecule has 20 heavy (non-hydrogen) atoms. The summed E-state index contributed by atoms with van der Waals surface area (Å²) in [6.07, 6.45) is 4.95. The molecule has 2 rings (SSSR count). The van der Waals surface area contributed by atoms with Gasteiger partial charge in [-0.3, -0.25) is 0 Å². The van der Waals surface area contributed by atoms with E-state index in [9.17, 15) is 4.39 Å². The van der Waals surface area contributed by atoms with Crippen molar-refractivity contribution >= 4 is 17.3 Å². The van der Waals surface area contributed by atoms with Gasteiger partial charge in [-0.1, -0.05) is 31.9 Å². The molecule has 4 nitrogen and oxygen atoms in total. The zero-order chi connectivity index (χ0) is 14.2. The van der Waals surface area contributed by atoms with Crippen molar-refractivity contribution in [2.75, 3.05) is 17.2 Å². The number of rotatable bonds is 7. The van der Waals surface area contributed by atoms with Crippen LogP contribution in [-0.4, -0.2) is 16.5 Å². The maximum atomic E-state index is 13.5. The number of aromatic nitrogens is 2. The van der Waals surface area contributed by atoms with Crippen LogP contribution in [0.25, 0.3) is 0 Å². The Morgan fingerprint density at radius 3 is 2.70 bits per heavy atom. The fraction of sp³-hybridized carbons (Fsp3) is 0.333. The lowest BCUT2D eigenvalue weighted by Gasteiger charge is -2.09. The van der Waals surface area contributed by atoms with Crippen LogP contribution in [0.1, 0.15) is 26.2 Å². The van der Waals surface area contributed by atoms with Crippen LogP contribution in [0.15, 0.2) is 36.7 Å². The fourth-order valence-electron chi connectivity index (χ4n) is 1.81. The maximum Gasteiger partial charge on any atom is 0.146 e. The van der Waals surface area contributed by atoms with E-state index in [0.29, 0.717) is 11.5 Å². The number of hydrogen-bond donors (Lipinski definition) is 2. The highest BCUT2D eigenvalue weighted by molar-refractivity contribution is 5.59. The van der Waals surface area contributed by atoms with Gasteiger partial charge in [-0.05, 0) is 18.6 Å². The van der Waals surface area contributed by atoms with Gasteiger partial charge in [-0.15, -0.1) is 0 Å². The molecule has 0 saturated heterocycles. The van der Waals surface area contributed by atoms with Crippen LogP contribution in [0.5, 0.6) is 0 Å². The minimum absolute atomic E-state index is 0.302. The number of para-hydroxylation sites is 1. The van der Waals surface area contributed by atoms with Crippen molar-refractivity contribution in [2.24, 2.45) is 0 Å². The van der Waals surface area contributed by atoms with Crippen LogP contribution in [0, 0.1) is 5.82 Å². The van der Waals surface area contributed by atoms with Crippen molar-refractivity contribution < 1.29 is 4.39 Å². The molecular formula is C15H19FN4. The largest absolute Gasteiger partial charge is 0.370 e. The van der Waals surface area contributed by atoms with Crippen LogP contribution in [-0.2, 0) is 0 Å². The molecule has 0 amide bonds. The molecule has 0 radical (unpaired) electrons. The third-order valence-electron chi connectivity index (χ3n) is 2.89. The van der Waals surface area contributed by atoms with Gasteiger partial charge < -0.3 is 10.6 Å². The number of halogens is 1. The van der Waals surface area contributed by atoms with Gasteiger partial charge in [0.15, 0.2) is 0 Å². The standard InChI is InChI=1S/C15H19FN4/c1-2-3-6-9-17-14-10-15(19-11-18-14)20-13-8-5-4-7-12(13)16/h4-5,7-8,10-11H,2-3,6,9H2,1H3,(H2,17,18,19,20). The number of unbranched alkanes of at least 4 members (excludes halogenated alkanes) is 2. The number of hydrogen-bond acceptors (Lipinski definition) is 4. The van der Waals surface area contributed by atoms with Crippen LogP contribution < -0.4 is 10.6 Å². The Morgan fingerprint density at radius 2 is 1.90 bits per heavy atom. The van der Waals surface area contributed by atoms with Gasteiger partial charge in [0.1, 0.15) is 23.8 Å². The summed E-state index contributed by atoms with van der Waals surface area (Å²) in [5, 5.41) is 6.18. The van der Waals surface area contributed by atoms with Gasteiger partial charge >= 0.3 is 0 Å². The first-order valence-corrected chi connectivity index (χ1v) is 6.87. The Labute approximate surface area is 118 Å². The monoisotopic (exact) mass is 274 g/mol. The molecule has 1 aromatic heterocycles. The van der Waals surface area contributed by atoms with E-state index in [1.54, 1.807) is 24.3 Å². The molecule has 0 aliphatic carbocycles. The summed E-state index contributed by atoms with van der Waals surface area (Å²) >= 11 is 0. The van der Waals surface area contributed by atoms with E-state index in [1.165, 1.54) is 25.2 Å². The summed E-state index contributed by atoms with van der Waals surface area (Å²) in [6.45, 7) is 3.05. The highest BCUT2D eigenvalue weighted by atomic mass is 19.1. The molecule has 0 fully saturated rings. The number of nitrogens with one attached hydrogen (secondary N) is 2. The predicted octanol–water partition coefficient (Wildman–Crippen LogP) is 3.96. The third-order valence-corrected chi connectivity index (χ3v) is 2.89. The van der Waals surface area contributed by atoms with E-state index in [4.69, 9.17) is 0 Å². The van der Waals surface area contributed by atoms with Crippen molar-refractivity contribution in [3.63, 3.8) is 0 Å². The zero-order valence-corrected chi connectivity index (χ0v) is 11.6. The van der Waals surface area contributed by atoms with Crippen molar-refractivity contribution in [3.8, 4) is 0 Å². The molecule has 0 saturated carbocycles.